The normalized spacial score (nSPS) is 17.3. The van der Waals surface area contributed by atoms with Crippen molar-refractivity contribution in [1.82, 2.24) is 0 Å². The minimum Gasteiger partial charge on any atom is -0.391 e. The van der Waals surface area contributed by atoms with Crippen molar-refractivity contribution in [3.05, 3.63) is 0 Å². The number of ketones is 2. The van der Waals surface area contributed by atoms with Crippen LogP contribution in [0.1, 0.15) is 85.0 Å². The molecule has 1 unspecified atom stereocenters. The number of Topliss-reactive ketones (excluding diaryl/α,β-unsaturated/α-hetero) is 2. The first-order chi connectivity index (χ1) is 12.2. The van der Waals surface area contributed by atoms with E-state index in [2.05, 4.69) is 6.92 Å². The van der Waals surface area contributed by atoms with E-state index in [-0.39, 0.29) is 5.78 Å². The second kappa shape index (κ2) is 14.3. The third-order valence-corrected chi connectivity index (χ3v) is 4.89. The molecule has 4 N–H and O–H groups in total. The molecule has 0 saturated carbocycles. The molecule has 0 aromatic rings. The summed E-state index contributed by atoms with van der Waals surface area (Å²) in [4.78, 5) is 24.1. The first-order valence-corrected chi connectivity index (χ1v) is 10.00. The molecule has 0 aliphatic heterocycles. The van der Waals surface area contributed by atoms with Gasteiger partial charge in [0.1, 0.15) is 24.1 Å². The Morgan fingerprint density at radius 1 is 0.769 bits per heavy atom. The molecule has 26 heavy (non-hydrogen) atoms. The molecular weight excluding hydrogens is 336 g/mol. The van der Waals surface area contributed by atoms with Crippen molar-refractivity contribution in [2.45, 2.75) is 109 Å². The Labute approximate surface area is 157 Å². The van der Waals surface area contributed by atoms with Crippen molar-refractivity contribution in [2.75, 3.05) is 0 Å². The van der Waals surface area contributed by atoms with Crippen molar-refractivity contribution in [3.63, 3.8) is 0 Å². The van der Waals surface area contributed by atoms with E-state index < -0.39 is 36.1 Å². The van der Waals surface area contributed by atoms with Gasteiger partial charge >= 0.3 is 0 Å². The van der Waals surface area contributed by atoms with E-state index in [1.165, 1.54) is 46.0 Å². The van der Waals surface area contributed by atoms with Gasteiger partial charge in [-0.3, -0.25) is 9.59 Å². The van der Waals surface area contributed by atoms with Crippen molar-refractivity contribution in [2.24, 2.45) is 5.92 Å². The molecule has 0 aromatic carbocycles. The first kappa shape index (κ1) is 25.2. The minimum atomic E-state index is -1.88. The molecular formula is C20H38O6. The highest BCUT2D eigenvalue weighted by molar-refractivity contribution is 6.03. The van der Waals surface area contributed by atoms with Gasteiger partial charge in [0.2, 0.25) is 0 Å². The third-order valence-electron chi connectivity index (χ3n) is 4.89. The Balaban J connectivity index is 4.27. The summed E-state index contributed by atoms with van der Waals surface area (Å²) >= 11 is 0. The number of hydrogen-bond donors (Lipinski definition) is 4. The van der Waals surface area contributed by atoms with Crippen LogP contribution in [0.2, 0.25) is 0 Å². The van der Waals surface area contributed by atoms with Crippen LogP contribution in [0, 0.1) is 5.92 Å². The van der Waals surface area contributed by atoms with Crippen LogP contribution in [0.3, 0.4) is 0 Å². The molecule has 0 bridgehead atoms. The molecule has 0 radical (unpaired) electrons. The van der Waals surface area contributed by atoms with Crippen molar-refractivity contribution in [3.8, 4) is 0 Å². The van der Waals surface area contributed by atoms with E-state index in [0.29, 0.717) is 12.8 Å². The highest BCUT2D eigenvalue weighted by atomic mass is 16.4. The molecule has 0 rings (SSSR count). The fourth-order valence-corrected chi connectivity index (χ4v) is 3.05. The predicted molar refractivity (Wildman–Crippen MR) is 101 cm³/mol. The number of unbranched alkanes of at least 4 members (excludes halogenated alkanes) is 8. The second-order valence-electron chi connectivity index (χ2n) is 7.35. The summed E-state index contributed by atoms with van der Waals surface area (Å²) in [6, 6.07) is 0. The zero-order chi connectivity index (χ0) is 20.1. The summed E-state index contributed by atoms with van der Waals surface area (Å²) < 4.78 is 0. The van der Waals surface area contributed by atoms with Crippen LogP contribution in [0.4, 0.5) is 0 Å². The number of hydrogen-bond acceptors (Lipinski definition) is 6. The van der Waals surface area contributed by atoms with Crippen LogP contribution in [0.15, 0.2) is 0 Å². The molecule has 0 aliphatic carbocycles. The van der Waals surface area contributed by atoms with E-state index in [0.717, 1.165) is 19.3 Å². The molecule has 0 aliphatic rings. The predicted octanol–water partition coefficient (Wildman–Crippen LogP) is 2.15. The summed E-state index contributed by atoms with van der Waals surface area (Å²) in [6.45, 7) is 4.73. The van der Waals surface area contributed by atoms with Crippen LogP contribution >= 0.6 is 0 Å². The molecule has 5 atom stereocenters. The summed E-state index contributed by atoms with van der Waals surface area (Å²) in [7, 11) is 0. The van der Waals surface area contributed by atoms with E-state index in [1.807, 2.05) is 0 Å². The maximum atomic E-state index is 12.3. The van der Waals surface area contributed by atoms with Gasteiger partial charge in [-0.05, 0) is 20.3 Å². The number of rotatable bonds is 16. The zero-order valence-corrected chi connectivity index (χ0v) is 16.6. The van der Waals surface area contributed by atoms with E-state index in [1.54, 1.807) is 0 Å². The largest absolute Gasteiger partial charge is 0.391 e. The van der Waals surface area contributed by atoms with Crippen LogP contribution in [-0.4, -0.2) is 56.4 Å². The van der Waals surface area contributed by atoms with Crippen molar-refractivity contribution in [1.29, 1.82) is 0 Å². The fourth-order valence-electron chi connectivity index (χ4n) is 3.05. The highest BCUT2D eigenvalue weighted by Gasteiger charge is 2.37. The van der Waals surface area contributed by atoms with Gasteiger partial charge in [0.25, 0.3) is 0 Å². The van der Waals surface area contributed by atoms with Crippen LogP contribution in [-0.2, 0) is 9.59 Å². The molecule has 0 amide bonds. The van der Waals surface area contributed by atoms with Crippen molar-refractivity contribution >= 4 is 11.6 Å². The van der Waals surface area contributed by atoms with Gasteiger partial charge in [0.15, 0.2) is 5.78 Å². The zero-order valence-electron chi connectivity index (χ0n) is 16.6. The lowest BCUT2D eigenvalue weighted by Gasteiger charge is -2.26. The van der Waals surface area contributed by atoms with Gasteiger partial charge in [0.05, 0.1) is 12.0 Å². The average molecular weight is 375 g/mol. The van der Waals surface area contributed by atoms with Crippen molar-refractivity contribution < 1.29 is 30.0 Å². The van der Waals surface area contributed by atoms with Crippen LogP contribution in [0.25, 0.3) is 0 Å². The summed E-state index contributed by atoms with van der Waals surface area (Å²) in [5.41, 5.74) is 0. The number of carbonyl (C=O) groups excluding carboxylic acids is 2. The molecule has 6 heteroatoms. The minimum absolute atomic E-state index is 0.332. The first-order valence-electron chi connectivity index (χ1n) is 10.00. The van der Waals surface area contributed by atoms with Gasteiger partial charge in [-0.15, -0.1) is 0 Å². The third kappa shape index (κ3) is 9.76. The summed E-state index contributed by atoms with van der Waals surface area (Å²) in [6.07, 6.45) is 3.75. The SMILES string of the molecule is CCCCCCCCCCCC(C(C)=O)C(=O)[C@@H](O)[C@H](O)[C@H](O)[C@H](C)O. The maximum absolute atomic E-state index is 12.3. The van der Waals surface area contributed by atoms with E-state index in [9.17, 15) is 30.0 Å². The fraction of sp³-hybridized carbons (Fsp3) is 0.900. The Morgan fingerprint density at radius 2 is 1.23 bits per heavy atom. The van der Waals surface area contributed by atoms with E-state index >= 15 is 0 Å². The molecule has 0 heterocycles. The second-order valence-corrected chi connectivity index (χ2v) is 7.35. The van der Waals surface area contributed by atoms with Gasteiger partial charge in [0, 0.05) is 0 Å². The average Bonchev–Trinajstić information content (AvgIpc) is 2.60. The van der Waals surface area contributed by atoms with E-state index in [4.69, 9.17) is 0 Å². The van der Waals surface area contributed by atoms with Gasteiger partial charge in [-0.25, -0.2) is 0 Å². The smallest absolute Gasteiger partial charge is 0.174 e. The Bertz CT molecular complexity index is 396. The Kier molecular flexibility index (Phi) is 13.8. The molecule has 154 valence electrons. The maximum Gasteiger partial charge on any atom is 0.174 e. The Hall–Kier alpha value is -0.820. The summed E-state index contributed by atoms with van der Waals surface area (Å²) in [5.74, 6) is -2.12. The standard InChI is InChI=1S/C20H38O6/c1-4-5-6-7-8-9-10-11-12-13-16(14(2)21)18(24)20(26)19(25)17(23)15(3)22/h15-17,19-20,22-23,25-26H,4-13H2,1-3H3/t15-,16?,17+,19+,20+/m0/s1. The molecule has 0 saturated heterocycles. The molecule has 0 spiro atoms. The van der Waals surface area contributed by atoms with Gasteiger partial charge in [-0.2, -0.15) is 0 Å². The van der Waals surface area contributed by atoms with Crippen LogP contribution < -0.4 is 0 Å². The lowest BCUT2D eigenvalue weighted by atomic mass is 9.87. The summed E-state index contributed by atoms with van der Waals surface area (Å²) in [5, 5.41) is 38.6. The van der Waals surface area contributed by atoms with Crippen LogP contribution in [0.5, 0.6) is 0 Å². The quantitative estimate of drug-likeness (QED) is 0.243. The van der Waals surface area contributed by atoms with Gasteiger partial charge in [-0.1, -0.05) is 64.7 Å². The molecule has 0 fully saturated rings. The van der Waals surface area contributed by atoms with Gasteiger partial charge < -0.3 is 20.4 Å². The molecule has 0 aromatic heterocycles. The number of aliphatic hydroxyl groups excluding tert-OH is 4. The topological polar surface area (TPSA) is 115 Å². The molecule has 6 nitrogen and oxygen atoms in total. The monoisotopic (exact) mass is 374 g/mol. The number of aliphatic hydroxyl groups is 4. The lowest BCUT2D eigenvalue weighted by molar-refractivity contribution is -0.150. The number of carbonyl (C=O) groups is 2. The lowest BCUT2D eigenvalue weighted by Crippen LogP contribution is -2.49. The highest BCUT2D eigenvalue weighted by Crippen LogP contribution is 2.18. The Morgan fingerprint density at radius 3 is 1.65 bits per heavy atom.